The third-order valence-electron chi connectivity index (χ3n) is 5.20. The van der Waals surface area contributed by atoms with Gasteiger partial charge in [-0.15, -0.1) is 0 Å². The molecule has 150 valence electrons. The number of anilines is 1. The third kappa shape index (κ3) is 3.10. The lowest BCUT2D eigenvalue weighted by atomic mass is 10.0. The number of pyridine rings is 1. The van der Waals surface area contributed by atoms with Gasteiger partial charge in [-0.1, -0.05) is 40.2 Å². The number of rotatable bonds is 3. The highest BCUT2D eigenvalue weighted by atomic mass is 79.9. The molecule has 7 heteroatoms. The van der Waals surface area contributed by atoms with Gasteiger partial charge in [0.2, 0.25) is 0 Å². The van der Waals surface area contributed by atoms with Crippen molar-refractivity contribution in [1.29, 1.82) is 0 Å². The second-order valence-corrected chi connectivity index (χ2v) is 7.98. The summed E-state index contributed by atoms with van der Waals surface area (Å²) >= 11 is 3.36. The fraction of sp³-hybridized carbons (Fsp3) is 0. The SMILES string of the molecule is O=C(O)c1cc(-c2cccc(N3C(=O)c4ccccc4C3=O)c2)nc2ccc(Br)cc12. The van der Waals surface area contributed by atoms with E-state index in [1.807, 2.05) is 0 Å². The Hall–Kier alpha value is -3.84. The van der Waals surface area contributed by atoms with Crippen LogP contribution in [0.2, 0.25) is 0 Å². The van der Waals surface area contributed by atoms with Crippen molar-refractivity contribution < 1.29 is 19.5 Å². The first-order valence-corrected chi connectivity index (χ1v) is 10.2. The summed E-state index contributed by atoms with van der Waals surface area (Å²) in [4.78, 5) is 43.2. The standard InChI is InChI=1S/C24H13BrN2O4/c25-14-8-9-20-18(11-14)19(24(30)31)12-21(26-20)13-4-3-5-15(10-13)27-22(28)16-6-1-2-7-17(16)23(27)29/h1-12H,(H,30,31). The number of aromatic nitrogens is 1. The Kier molecular flexibility index (Phi) is 4.41. The van der Waals surface area contributed by atoms with E-state index in [2.05, 4.69) is 20.9 Å². The minimum Gasteiger partial charge on any atom is -0.478 e. The molecule has 2 amide bonds. The van der Waals surface area contributed by atoms with Crippen LogP contribution in [0.4, 0.5) is 5.69 Å². The van der Waals surface area contributed by atoms with E-state index in [-0.39, 0.29) is 17.4 Å². The zero-order chi connectivity index (χ0) is 21.7. The highest BCUT2D eigenvalue weighted by Gasteiger charge is 2.36. The predicted octanol–water partition coefficient (Wildman–Crippen LogP) is 5.16. The molecule has 6 nitrogen and oxygen atoms in total. The first-order valence-electron chi connectivity index (χ1n) is 9.36. The number of aromatic carboxylic acids is 1. The smallest absolute Gasteiger partial charge is 0.336 e. The van der Waals surface area contributed by atoms with Gasteiger partial charge in [-0.25, -0.2) is 14.7 Å². The van der Waals surface area contributed by atoms with Crippen LogP contribution in [0, 0.1) is 0 Å². The third-order valence-corrected chi connectivity index (χ3v) is 5.69. The van der Waals surface area contributed by atoms with Crippen LogP contribution in [0.25, 0.3) is 22.2 Å². The van der Waals surface area contributed by atoms with Crippen molar-refractivity contribution in [1.82, 2.24) is 4.98 Å². The monoisotopic (exact) mass is 472 g/mol. The number of carbonyl (C=O) groups is 3. The molecule has 4 aromatic rings. The van der Waals surface area contributed by atoms with E-state index in [1.54, 1.807) is 66.7 Å². The molecule has 1 aliphatic rings. The van der Waals surface area contributed by atoms with E-state index in [9.17, 15) is 19.5 Å². The van der Waals surface area contributed by atoms with E-state index in [0.29, 0.717) is 39.0 Å². The van der Waals surface area contributed by atoms with Gasteiger partial charge in [0, 0.05) is 15.4 Å². The van der Waals surface area contributed by atoms with Gasteiger partial charge in [-0.2, -0.15) is 0 Å². The van der Waals surface area contributed by atoms with E-state index in [1.165, 1.54) is 6.07 Å². The number of hydrogen-bond acceptors (Lipinski definition) is 4. The summed E-state index contributed by atoms with van der Waals surface area (Å²) in [6.07, 6.45) is 0. The zero-order valence-corrected chi connectivity index (χ0v) is 17.5. The number of fused-ring (bicyclic) bond motifs is 2. The first-order chi connectivity index (χ1) is 14.9. The highest BCUT2D eigenvalue weighted by molar-refractivity contribution is 9.10. The lowest BCUT2D eigenvalue weighted by molar-refractivity contribution is 0.0698. The number of amides is 2. The van der Waals surface area contributed by atoms with Crippen LogP contribution < -0.4 is 4.90 Å². The molecule has 0 radical (unpaired) electrons. The molecule has 2 heterocycles. The molecule has 0 aliphatic carbocycles. The fourth-order valence-electron chi connectivity index (χ4n) is 3.75. The number of carboxylic acid groups (broad SMARTS) is 1. The van der Waals surface area contributed by atoms with Crippen LogP contribution in [0.15, 0.2) is 77.3 Å². The Balaban J connectivity index is 1.63. The maximum absolute atomic E-state index is 12.8. The van der Waals surface area contributed by atoms with Crippen molar-refractivity contribution in [3.05, 3.63) is 94.0 Å². The number of nitrogens with zero attached hydrogens (tertiary/aromatic N) is 2. The van der Waals surface area contributed by atoms with E-state index >= 15 is 0 Å². The predicted molar refractivity (Wildman–Crippen MR) is 119 cm³/mol. The van der Waals surface area contributed by atoms with E-state index < -0.39 is 5.97 Å². The number of halogens is 1. The van der Waals surface area contributed by atoms with Crippen molar-refractivity contribution in [2.24, 2.45) is 0 Å². The quantitative estimate of drug-likeness (QED) is 0.416. The highest BCUT2D eigenvalue weighted by Crippen LogP contribution is 2.32. The molecule has 1 N–H and O–H groups in total. The van der Waals surface area contributed by atoms with Crippen molar-refractivity contribution in [2.75, 3.05) is 4.90 Å². The summed E-state index contributed by atoms with van der Waals surface area (Å²) in [7, 11) is 0. The molecule has 0 saturated carbocycles. The van der Waals surface area contributed by atoms with Crippen LogP contribution in [0.1, 0.15) is 31.1 Å². The van der Waals surface area contributed by atoms with Crippen molar-refractivity contribution in [3.63, 3.8) is 0 Å². The fourth-order valence-corrected chi connectivity index (χ4v) is 4.11. The minimum absolute atomic E-state index is 0.118. The van der Waals surface area contributed by atoms with Crippen LogP contribution in [0.5, 0.6) is 0 Å². The number of carbonyl (C=O) groups excluding carboxylic acids is 2. The lowest BCUT2D eigenvalue weighted by Crippen LogP contribution is -2.29. The summed E-state index contributed by atoms with van der Waals surface area (Å²) in [5, 5.41) is 10.2. The lowest BCUT2D eigenvalue weighted by Gasteiger charge is -2.15. The van der Waals surface area contributed by atoms with E-state index in [0.717, 1.165) is 9.37 Å². The summed E-state index contributed by atoms with van der Waals surface area (Å²) < 4.78 is 0.754. The molecular weight excluding hydrogens is 460 g/mol. The summed E-state index contributed by atoms with van der Waals surface area (Å²) in [6.45, 7) is 0. The first kappa shape index (κ1) is 19.1. The molecule has 0 spiro atoms. The molecule has 31 heavy (non-hydrogen) atoms. The number of carboxylic acids is 1. The normalized spacial score (nSPS) is 13.0. The minimum atomic E-state index is -1.07. The van der Waals surface area contributed by atoms with Gasteiger partial charge in [0.05, 0.1) is 33.6 Å². The van der Waals surface area contributed by atoms with Crippen LogP contribution in [-0.2, 0) is 0 Å². The summed E-state index contributed by atoms with van der Waals surface area (Å²) in [6, 6.07) is 20.2. The van der Waals surface area contributed by atoms with Gasteiger partial charge in [0.15, 0.2) is 0 Å². The number of imide groups is 1. The Labute approximate surface area is 184 Å². The van der Waals surface area contributed by atoms with Gasteiger partial charge < -0.3 is 5.11 Å². The number of benzene rings is 3. The molecule has 1 aromatic heterocycles. The molecule has 0 unspecified atom stereocenters. The van der Waals surface area contributed by atoms with Gasteiger partial charge in [0.1, 0.15) is 0 Å². The molecular formula is C24H13BrN2O4. The molecule has 0 saturated heterocycles. The van der Waals surface area contributed by atoms with Crippen molar-refractivity contribution in [2.45, 2.75) is 0 Å². The average Bonchev–Trinajstić information content (AvgIpc) is 3.03. The van der Waals surface area contributed by atoms with E-state index in [4.69, 9.17) is 0 Å². The second kappa shape index (κ2) is 7.14. The van der Waals surface area contributed by atoms with Crippen LogP contribution in [-0.4, -0.2) is 27.9 Å². The molecule has 3 aromatic carbocycles. The van der Waals surface area contributed by atoms with Gasteiger partial charge in [-0.3, -0.25) is 9.59 Å². The number of hydrogen-bond donors (Lipinski definition) is 1. The van der Waals surface area contributed by atoms with Crippen LogP contribution >= 0.6 is 15.9 Å². The Morgan fingerprint density at radius 1 is 0.871 bits per heavy atom. The Morgan fingerprint density at radius 3 is 2.26 bits per heavy atom. The van der Waals surface area contributed by atoms with Crippen molar-refractivity contribution in [3.8, 4) is 11.3 Å². The van der Waals surface area contributed by atoms with Crippen LogP contribution in [0.3, 0.4) is 0 Å². The molecule has 0 bridgehead atoms. The Morgan fingerprint density at radius 2 is 1.58 bits per heavy atom. The molecule has 1 aliphatic heterocycles. The average molecular weight is 473 g/mol. The van der Waals surface area contributed by atoms with Crippen molar-refractivity contribution >= 4 is 50.3 Å². The van der Waals surface area contributed by atoms with Gasteiger partial charge >= 0.3 is 5.97 Å². The van der Waals surface area contributed by atoms with Gasteiger partial charge in [0.25, 0.3) is 11.8 Å². The molecule has 5 rings (SSSR count). The summed E-state index contributed by atoms with van der Waals surface area (Å²) in [5.74, 6) is -1.84. The maximum atomic E-state index is 12.8. The second-order valence-electron chi connectivity index (χ2n) is 7.06. The molecule has 0 atom stereocenters. The van der Waals surface area contributed by atoms with Gasteiger partial charge in [-0.05, 0) is 48.5 Å². The largest absolute Gasteiger partial charge is 0.478 e. The summed E-state index contributed by atoms with van der Waals surface area (Å²) in [5.41, 5.74) is 2.81. The molecule has 0 fully saturated rings. The topological polar surface area (TPSA) is 87.6 Å². The Bertz CT molecular complexity index is 1400. The maximum Gasteiger partial charge on any atom is 0.336 e. The zero-order valence-electron chi connectivity index (χ0n) is 15.9.